The Kier molecular flexibility index (Phi) is 5.29. The first-order chi connectivity index (χ1) is 14.4. The topological polar surface area (TPSA) is 160 Å². The maximum atomic E-state index is 12.0. The van der Waals surface area contributed by atoms with E-state index in [2.05, 4.69) is 20.6 Å². The minimum Gasteiger partial charge on any atom is -0.381 e. The van der Waals surface area contributed by atoms with Gasteiger partial charge in [0.25, 0.3) is 5.91 Å². The van der Waals surface area contributed by atoms with E-state index >= 15 is 0 Å². The van der Waals surface area contributed by atoms with Crippen molar-refractivity contribution in [1.29, 1.82) is 0 Å². The lowest BCUT2D eigenvalue weighted by Gasteiger charge is -2.26. The molecule has 2 aromatic heterocycles. The Morgan fingerprint density at radius 2 is 2.07 bits per heavy atom. The molecule has 4 rings (SSSR count). The molecule has 0 aliphatic carbocycles. The number of rotatable bonds is 7. The molecule has 4 heterocycles. The quantitative estimate of drug-likeness (QED) is 0.585. The van der Waals surface area contributed by atoms with E-state index < -0.39 is 17.4 Å². The van der Waals surface area contributed by atoms with Gasteiger partial charge < -0.3 is 26.4 Å². The Morgan fingerprint density at radius 1 is 1.30 bits per heavy atom. The second-order valence-electron chi connectivity index (χ2n) is 7.58. The van der Waals surface area contributed by atoms with Gasteiger partial charge in [-0.1, -0.05) is 5.16 Å². The van der Waals surface area contributed by atoms with Gasteiger partial charge in [0.2, 0.25) is 11.5 Å². The van der Waals surface area contributed by atoms with Gasteiger partial charge in [-0.3, -0.25) is 9.59 Å². The molecule has 1 saturated heterocycles. The summed E-state index contributed by atoms with van der Waals surface area (Å²) in [6, 6.07) is 0.211. The van der Waals surface area contributed by atoms with Crippen molar-refractivity contribution < 1.29 is 19.2 Å². The van der Waals surface area contributed by atoms with Crippen LogP contribution >= 0.6 is 0 Å². The van der Waals surface area contributed by atoms with Gasteiger partial charge in [0, 0.05) is 44.0 Å². The van der Waals surface area contributed by atoms with Gasteiger partial charge in [-0.2, -0.15) is 5.10 Å². The molecule has 2 aliphatic rings. The highest BCUT2D eigenvalue weighted by molar-refractivity contribution is 6.13. The second kappa shape index (κ2) is 7.90. The Hall–Kier alpha value is -3.21. The molecule has 30 heavy (non-hydrogen) atoms. The van der Waals surface area contributed by atoms with Crippen LogP contribution < -0.4 is 16.8 Å². The van der Waals surface area contributed by atoms with Crippen LogP contribution in [0.3, 0.4) is 0 Å². The highest BCUT2D eigenvalue weighted by atomic mass is 16.7. The van der Waals surface area contributed by atoms with E-state index in [0.29, 0.717) is 31.0 Å². The molecule has 0 aromatic carbocycles. The Balaban J connectivity index is 1.74. The number of anilines is 1. The van der Waals surface area contributed by atoms with E-state index in [0.717, 1.165) is 29.6 Å². The van der Waals surface area contributed by atoms with Crippen molar-refractivity contribution in [2.45, 2.75) is 50.8 Å². The van der Waals surface area contributed by atoms with Crippen molar-refractivity contribution in [1.82, 2.24) is 14.8 Å². The lowest BCUT2D eigenvalue weighted by molar-refractivity contribution is -0.145. The zero-order chi connectivity index (χ0) is 21.3. The average Bonchev–Trinajstić information content (AvgIpc) is 3.33. The van der Waals surface area contributed by atoms with Gasteiger partial charge in [0.05, 0.1) is 29.4 Å². The van der Waals surface area contributed by atoms with Crippen molar-refractivity contribution in [2.75, 3.05) is 18.5 Å². The number of nitrogens with zero attached hydrogens (tertiary/aromatic N) is 4. The van der Waals surface area contributed by atoms with Gasteiger partial charge in [0.15, 0.2) is 5.65 Å². The summed E-state index contributed by atoms with van der Waals surface area (Å²) in [5.74, 6) is -1.48. The predicted molar refractivity (Wildman–Crippen MR) is 109 cm³/mol. The lowest BCUT2D eigenvalue weighted by Crippen LogP contribution is -2.47. The fourth-order valence-electron chi connectivity index (χ4n) is 3.90. The van der Waals surface area contributed by atoms with Gasteiger partial charge in [0.1, 0.15) is 0 Å². The average molecular weight is 415 g/mol. The normalized spacial score (nSPS) is 22.0. The Morgan fingerprint density at radius 3 is 2.73 bits per heavy atom. The van der Waals surface area contributed by atoms with Crippen LogP contribution in [0.5, 0.6) is 0 Å². The number of nitrogens with two attached hydrogens (primary N) is 2. The van der Waals surface area contributed by atoms with Crippen molar-refractivity contribution in [3.8, 4) is 0 Å². The molecule has 0 saturated carbocycles. The maximum Gasteiger partial charge on any atom is 0.265 e. The van der Waals surface area contributed by atoms with Crippen LogP contribution in [0.1, 0.15) is 38.2 Å². The zero-order valence-corrected chi connectivity index (χ0v) is 16.8. The van der Waals surface area contributed by atoms with Crippen molar-refractivity contribution in [3.63, 3.8) is 0 Å². The van der Waals surface area contributed by atoms with E-state index in [4.69, 9.17) is 21.0 Å². The van der Waals surface area contributed by atoms with E-state index in [1.807, 2.05) is 11.6 Å². The molecule has 2 amide bonds. The van der Waals surface area contributed by atoms with Crippen LogP contribution in [0.2, 0.25) is 0 Å². The molecular formula is C19H25N7O4. The molecule has 1 fully saturated rings. The van der Waals surface area contributed by atoms with Crippen LogP contribution in [0.15, 0.2) is 17.5 Å². The van der Waals surface area contributed by atoms with E-state index in [1.165, 1.54) is 0 Å². The number of amides is 2. The third-order valence-corrected chi connectivity index (χ3v) is 5.54. The smallest absolute Gasteiger partial charge is 0.265 e. The number of hydrogen-bond donors (Lipinski definition) is 3. The van der Waals surface area contributed by atoms with Crippen LogP contribution in [-0.4, -0.2) is 57.1 Å². The van der Waals surface area contributed by atoms with Crippen molar-refractivity contribution in [3.05, 3.63) is 18.0 Å². The number of oxime groups is 1. The molecule has 11 nitrogen and oxygen atoms in total. The third kappa shape index (κ3) is 3.56. The molecule has 2 aliphatic heterocycles. The zero-order valence-electron chi connectivity index (χ0n) is 16.8. The first kappa shape index (κ1) is 20.1. The predicted octanol–water partition coefficient (Wildman–Crippen LogP) is 0.266. The summed E-state index contributed by atoms with van der Waals surface area (Å²) in [6.07, 6.45) is 4.85. The molecule has 1 atom stereocenters. The number of hydrogen-bond acceptors (Lipinski definition) is 8. The van der Waals surface area contributed by atoms with Crippen molar-refractivity contribution >= 4 is 34.2 Å². The molecule has 11 heteroatoms. The summed E-state index contributed by atoms with van der Waals surface area (Å²) >= 11 is 0. The summed E-state index contributed by atoms with van der Waals surface area (Å²) in [5, 5.41) is 12.9. The number of aryl methyl sites for hydroxylation is 1. The van der Waals surface area contributed by atoms with Crippen LogP contribution in [0.4, 0.5) is 5.69 Å². The summed E-state index contributed by atoms with van der Waals surface area (Å²) < 4.78 is 7.27. The van der Waals surface area contributed by atoms with Crippen LogP contribution in [-0.2, 0) is 25.7 Å². The molecule has 160 valence electrons. The first-order valence-electron chi connectivity index (χ1n) is 9.96. The SMILES string of the molecule is CCn1ncc2c(NC3CCOCC3)c(C3=NOC(CC(N)=O)(C(N)=O)C3)cnc21. The number of carbonyl (C=O) groups excluding carboxylic acids is 2. The van der Waals surface area contributed by atoms with Crippen molar-refractivity contribution in [2.24, 2.45) is 16.6 Å². The molecule has 1 unspecified atom stereocenters. The summed E-state index contributed by atoms with van der Waals surface area (Å²) in [6.45, 7) is 4.04. The van der Waals surface area contributed by atoms with E-state index in [1.54, 1.807) is 12.4 Å². The number of carbonyl (C=O) groups is 2. The Labute approximate surface area is 172 Å². The molecule has 5 N–H and O–H groups in total. The minimum atomic E-state index is -1.58. The summed E-state index contributed by atoms with van der Waals surface area (Å²) in [4.78, 5) is 33.5. The number of aromatic nitrogens is 3. The molecular weight excluding hydrogens is 390 g/mol. The molecule has 0 spiro atoms. The number of ether oxygens (including phenoxy) is 1. The lowest BCUT2D eigenvalue weighted by atomic mass is 9.89. The highest BCUT2D eigenvalue weighted by Gasteiger charge is 2.47. The van der Waals surface area contributed by atoms with Gasteiger partial charge in [-0.15, -0.1) is 0 Å². The second-order valence-corrected chi connectivity index (χ2v) is 7.58. The van der Waals surface area contributed by atoms with Gasteiger partial charge in [-0.25, -0.2) is 9.67 Å². The number of fused-ring (bicyclic) bond motifs is 1. The summed E-state index contributed by atoms with van der Waals surface area (Å²) in [7, 11) is 0. The molecule has 0 radical (unpaired) electrons. The fraction of sp³-hybridized carbons (Fsp3) is 0.526. The largest absolute Gasteiger partial charge is 0.381 e. The molecule has 2 aromatic rings. The standard InChI is InChI=1S/C19H25N7O4/c1-2-26-17-13(10-23-26)16(24-11-3-5-29-6-4-11)12(9-22-17)14-7-19(18(21)28,30-25-14)8-15(20)27/h9-11H,2-8H2,1H3,(H2,20,27)(H2,21,28)(H,22,24). The maximum absolute atomic E-state index is 12.0. The summed E-state index contributed by atoms with van der Waals surface area (Å²) in [5.41, 5.74) is 11.9. The third-order valence-electron chi connectivity index (χ3n) is 5.54. The van der Waals surface area contributed by atoms with Crippen LogP contribution in [0, 0.1) is 0 Å². The molecule has 0 bridgehead atoms. The van der Waals surface area contributed by atoms with E-state index in [-0.39, 0.29) is 18.9 Å². The monoisotopic (exact) mass is 415 g/mol. The van der Waals surface area contributed by atoms with Gasteiger partial charge in [-0.05, 0) is 19.8 Å². The van der Waals surface area contributed by atoms with E-state index in [9.17, 15) is 9.59 Å². The first-order valence-corrected chi connectivity index (χ1v) is 9.96. The minimum absolute atomic E-state index is 0.0306. The van der Waals surface area contributed by atoms with Crippen LogP contribution in [0.25, 0.3) is 11.0 Å². The Bertz CT molecular complexity index is 1010. The van der Waals surface area contributed by atoms with Gasteiger partial charge >= 0.3 is 0 Å². The fourth-order valence-corrected chi connectivity index (χ4v) is 3.90. The highest BCUT2D eigenvalue weighted by Crippen LogP contribution is 2.35. The number of primary amides is 2. The number of nitrogens with one attached hydrogen (secondary N) is 1. The number of pyridine rings is 1.